The Morgan fingerprint density at radius 2 is 2.24 bits per heavy atom. The highest BCUT2D eigenvalue weighted by atomic mass is 35.5. The van der Waals surface area contributed by atoms with Crippen molar-refractivity contribution in [2.24, 2.45) is 0 Å². The number of Topliss-reactive ketones (excluding diaryl/α,β-unsaturated/α-hetero) is 1. The first-order valence-electron chi connectivity index (χ1n) is 5.56. The zero-order valence-corrected chi connectivity index (χ0v) is 11.9. The number of ketones is 1. The summed E-state index contributed by atoms with van der Waals surface area (Å²) in [5.41, 5.74) is 0.566. The van der Waals surface area contributed by atoms with Crippen molar-refractivity contribution in [2.45, 2.75) is 25.5 Å². The first-order chi connectivity index (χ1) is 8.08. The van der Waals surface area contributed by atoms with Crippen LogP contribution in [0, 0.1) is 0 Å². The number of hydrogen-bond donors (Lipinski definition) is 0. The minimum Gasteiger partial charge on any atom is -0.496 e. The minimum absolute atomic E-state index is 0.0645. The van der Waals surface area contributed by atoms with Gasteiger partial charge in [0.1, 0.15) is 5.75 Å². The molecule has 1 rings (SSSR count). The molecule has 1 unspecified atom stereocenters. The zero-order chi connectivity index (χ0) is 12.8. The lowest BCUT2D eigenvalue weighted by molar-refractivity contribution is 0.101. The van der Waals surface area contributed by atoms with Gasteiger partial charge in [-0.1, -0.05) is 25.4 Å². The molecule has 1 aromatic rings. The number of halogens is 1. The molecular formula is C13H17ClO2S. The maximum atomic E-state index is 12.0. The summed E-state index contributed by atoms with van der Waals surface area (Å²) in [7, 11) is 1.56. The van der Waals surface area contributed by atoms with Gasteiger partial charge in [0.2, 0.25) is 0 Å². The number of ether oxygens (including phenoxy) is 1. The van der Waals surface area contributed by atoms with E-state index in [-0.39, 0.29) is 5.78 Å². The maximum absolute atomic E-state index is 12.0. The van der Waals surface area contributed by atoms with Gasteiger partial charge in [0, 0.05) is 10.3 Å². The summed E-state index contributed by atoms with van der Waals surface area (Å²) in [5.74, 6) is 1.12. The number of hydrogen-bond acceptors (Lipinski definition) is 3. The lowest BCUT2D eigenvalue weighted by Gasteiger charge is -2.10. The van der Waals surface area contributed by atoms with Crippen LogP contribution in [0.2, 0.25) is 5.02 Å². The molecular weight excluding hydrogens is 256 g/mol. The van der Waals surface area contributed by atoms with Crippen LogP contribution in [0.3, 0.4) is 0 Å². The predicted octanol–water partition coefficient (Wildman–Crippen LogP) is 4.06. The van der Waals surface area contributed by atoms with Crippen molar-refractivity contribution in [1.29, 1.82) is 0 Å². The van der Waals surface area contributed by atoms with E-state index in [1.165, 1.54) is 0 Å². The van der Waals surface area contributed by atoms with Crippen molar-refractivity contribution in [3.63, 3.8) is 0 Å². The number of rotatable bonds is 6. The second-order valence-electron chi connectivity index (χ2n) is 3.80. The second-order valence-corrected chi connectivity index (χ2v) is 5.66. The monoisotopic (exact) mass is 272 g/mol. The van der Waals surface area contributed by atoms with Crippen LogP contribution in [-0.4, -0.2) is 23.9 Å². The molecule has 4 heteroatoms. The molecule has 0 heterocycles. The lowest BCUT2D eigenvalue weighted by Crippen LogP contribution is -2.07. The Hall–Kier alpha value is -0.670. The van der Waals surface area contributed by atoms with E-state index in [9.17, 15) is 4.79 Å². The summed E-state index contributed by atoms with van der Waals surface area (Å²) < 4.78 is 5.17. The quantitative estimate of drug-likeness (QED) is 0.731. The van der Waals surface area contributed by atoms with E-state index >= 15 is 0 Å². The predicted molar refractivity (Wildman–Crippen MR) is 74.5 cm³/mol. The summed E-state index contributed by atoms with van der Waals surface area (Å²) in [6.07, 6.45) is 1.06. The van der Waals surface area contributed by atoms with Crippen LogP contribution < -0.4 is 4.74 Å². The summed E-state index contributed by atoms with van der Waals surface area (Å²) >= 11 is 7.55. The molecule has 0 radical (unpaired) electrons. The third-order valence-corrected chi connectivity index (χ3v) is 4.10. The Labute approximate surface area is 112 Å². The fraction of sp³-hybridized carbons (Fsp3) is 0.462. The van der Waals surface area contributed by atoms with Crippen LogP contribution >= 0.6 is 23.4 Å². The molecule has 2 nitrogen and oxygen atoms in total. The highest BCUT2D eigenvalue weighted by molar-refractivity contribution is 8.00. The van der Waals surface area contributed by atoms with E-state index in [0.29, 0.717) is 27.3 Å². The van der Waals surface area contributed by atoms with E-state index in [1.54, 1.807) is 37.1 Å². The molecule has 0 amide bonds. The Kier molecular flexibility index (Phi) is 5.86. The summed E-state index contributed by atoms with van der Waals surface area (Å²) in [5, 5.41) is 1.05. The molecule has 1 atom stereocenters. The fourth-order valence-electron chi connectivity index (χ4n) is 1.31. The number of thioether (sulfide) groups is 1. The van der Waals surface area contributed by atoms with Crippen LogP contribution in [0.5, 0.6) is 5.75 Å². The molecule has 0 saturated heterocycles. The van der Waals surface area contributed by atoms with E-state index in [2.05, 4.69) is 13.8 Å². The molecule has 0 N–H and O–H groups in total. The summed E-state index contributed by atoms with van der Waals surface area (Å²) in [6.45, 7) is 4.23. The Bertz CT molecular complexity index is 393. The van der Waals surface area contributed by atoms with Crippen LogP contribution in [0.15, 0.2) is 18.2 Å². The maximum Gasteiger partial charge on any atom is 0.176 e. The summed E-state index contributed by atoms with van der Waals surface area (Å²) in [4.78, 5) is 12.0. The van der Waals surface area contributed by atoms with E-state index in [0.717, 1.165) is 6.42 Å². The zero-order valence-electron chi connectivity index (χ0n) is 10.3. The smallest absolute Gasteiger partial charge is 0.176 e. The van der Waals surface area contributed by atoms with Crippen molar-refractivity contribution < 1.29 is 9.53 Å². The lowest BCUT2D eigenvalue weighted by atomic mass is 10.1. The van der Waals surface area contributed by atoms with Gasteiger partial charge in [-0.2, -0.15) is 11.8 Å². The third kappa shape index (κ3) is 4.25. The summed E-state index contributed by atoms with van der Waals surface area (Å²) in [6, 6.07) is 5.11. The Morgan fingerprint density at radius 1 is 1.53 bits per heavy atom. The SMILES string of the molecule is CCC(C)SCC(=O)c1cc(Cl)ccc1OC. The molecule has 0 fully saturated rings. The Balaban J connectivity index is 2.77. The van der Waals surface area contributed by atoms with Gasteiger partial charge in [0.05, 0.1) is 18.4 Å². The molecule has 0 aliphatic rings. The van der Waals surface area contributed by atoms with Crippen molar-refractivity contribution in [2.75, 3.05) is 12.9 Å². The Morgan fingerprint density at radius 3 is 2.82 bits per heavy atom. The van der Waals surface area contributed by atoms with Gasteiger partial charge in [0.25, 0.3) is 0 Å². The van der Waals surface area contributed by atoms with Gasteiger partial charge in [-0.3, -0.25) is 4.79 Å². The molecule has 94 valence electrons. The van der Waals surface area contributed by atoms with Crippen LogP contribution in [0.4, 0.5) is 0 Å². The molecule has 0 spiro atoms. The number of benzene rings is 1. The average Bonchev–Trinajstić information content (AvgIpc) is 2.35. The van der Waals surface area contributed by atoms with Gasteiger partial charge in [-0.05, 0) is 24.6 Å². The molecule has 0 saturated carbocycles. The van der Waals surface area contributed by atoms with Gasteiger partial charge in [0.15, 0.2) is 5.78 Å². The van der Waals surface area contributed by atoms with Crippen molar-refractivity contribution >= 4 is 29.1 Å². The van der Waals surface area contributed by atoms with Crippen molar-refractivity contribution in [1.82, 2.24) is 0 Å². The van der Waals surface area contributed by atoms with E-state index < -0.39 is 0 Å². The average molecular weight is 273 g/mol. The van der Waals surface area contributed by atoms with Gasteiger partial charge in [-0.15, -0.1) is 0 Å². The number of methoxy groups -OCH3 is 1. The van der Waals surface area contributed by atoms with Crippen molar-refractivity contribution in [3.05, 3.63) is 28.8 Å². The van der Waals surface area contributed by atoms with Crippen molar-refractivity contribution in [3.8, 4) is 5.75 Å². The highest BCUT2D eigenvalue weighted by Crippen LogP contribution is 2.25. The van der Waals surface area contributed by atoms with Gasteiger partial charge < -0.3 is 4.74 Å². The molecule has 1 aromatic carbocycles. The second kappa shape index (κ2) is 6.92. The number of carbonyl (C=O) groups is 1. The largest absolute Gasteiger partial charge is 0.496 e. The fourth-order valence-corrected chi connectivity index (χ4v) is 2.31. The highest BCUT2D eigenvalue weighted by Gasteiger charge is 2.14. The normalized spacial score (nSPS) is 12.2. The van der Waals surface area contributed by atoms with Gasteiger partial charge >= 0.3 is 0 Å². The molecule has 0 bridgehead atoms. The van der Waals surface area contributed by atoms with Gasteiger partial charge in [-0.25, -0.2) is 0 Å². The van der Waals surface area contributed by atoms with Crippen LogP contribution in [-0.2, 0) is 0 Å². The molecule has 17 heavy (non-hydrogen) atoms. The minimum atomic E-state index is 0.0645. The molecule has 0 aliphatic heterocycles. The van der Waals surface area contributed by atoms with E-state index in [1.807, 2.05) is 0 Å². The standard InChI is InChI=1S/C13H17ClO2S/c1-4-9(2)17-8-12(15)11-7-10(14)5-6-13(11)16-3/h5-7,9H,4,8H2,1-3H3. The third-order valence-electron chi connectivity index (χ3n) is 2.54. The molecule has 0 aliphatic carbocycles. The first-order valence-corrected chi connectivity index (χ1v) is 6.99. The molecule has 0 aromatic heterocycles. The van der Waals surface area contributed by atoms with E-state index in [4.69, 9.17) is 16.3 Å². The topological polar surface area (TPSA) is 26.3 Å². The van der Waals surface area contributed by atoms with Crippen LogP contribution in [0.25, 0.3) is 0 Å². The van der Waals surface area contributed by atoms with Crippen LogP contribution in [0.1, 0.15) is 30.6 Å². The first kappa shape index (κ1) is 14.4. The number of carbonyl (C=O) groups excluding carboxylic acids is 1.